The van der Waals surface area contributed by atoms with Gasteiger partial charge in [-0.2, -0.15) is 0 Å². The Labute approximate surface area is 488 Å². The SMILES string of the molecule is CCCCCCCCCCCCC(CC(CC)CC(COC(=O)c1ccccc1OP(Cl)Oc1ccccc1C(=O)OCC(CC(CC)CC(CCCCCCCCCCCC)C(C)(C)C)C(C)(C)C)C(C)(C)C)C(C)(C)C. The van der Waals surface area contributed by atoms with Gasteiger partial charge in [-0.3, -0.25) is 0 Å². The summed E-state index contributed by atoms with van der Waals surface area (Å²) in [6, 6.07) is 14.1. The van der Waals surface area contributed by atoms with Crippen LogP contribution in [0.3, 0.4) is 0 Å². The van der Waals surface area contributed by atoms with Crippen LogP contribution in [-0.2, 0) is 9.47 Å². The first-order valence-corrected chi connectivity index (χ1v) is 34.3. The minimum atomic E-state index is -2.13. The maximum atomic E-state index is 14.0. The zero-order valence-electron chi connectivity index (χ0n) is 53.6. The summed E-state index contributed by atoms with van der Waals surface area (Å²) in [7, 11) is -2.13. The van der Waals surface area contributed by atoms with Crippen molar-refractivity contribution in [3.8, 4) is 11.5 Å². The Morgan fingerprint density at radius 1 is 0.410 bits per heavy atom. The lowest BCUT2D eigenvalue weighted by Crippen LogP contribution is -2.30. The Kier molecular flexibility index (Phi) is 35.4. The van der Waals surface area contributed by atoms with E-state index in [1.807, 2.05) is 0 Å². The number of benzene rings is 2. The predicted molar refractivity (Wildman–Crippen MR) is 338 cm³/mol. The van der Waals surface area contributed by atoms with Gasteiger partial charge >= 0.3 is 19.7 Å². The topological polar surface area (TPSA) is 71.1 Å². The minimum Gasteiger partial charge on any atom is -0.462 e. The average Bonchev–Trinajstić information content (AvgIpc) is 3.36. The first-order valence-electron chi connectivity index (χ1n) is 32.2. The molecule has 2 rings (SSSR count). The summed E-state index contributed by atoms with van der Waals surface area (Å²) in [6.07, 6.45) is 36.4. The lowest BCUT2D eigenvalue weighted by atomic mass is 9.69. The predicted octanol–water partition coefficient (Wildman–Crippen LogP) is 23.8. The molecule has 0 aliphatic heterocycles. The van der Waals surface area contributed by atoms with Crippen molar-refractivity contribution in [2.75, 3.05) is 13.2 Å². The Hall–Kier alpha value is -2.30. The van der Waals surface area contributed by atoms with Crippen LogP contribution in [0.25, 0.3) is 0 Å². The van der Waals surface area contributed by atoms with E-state index in [4.69, 9.17) is 29.8 Å². The van der Waals surface area contributed by atoms with E-state index in [1.54, 1.807) is 48.5 Å². The van der Waals surface area contributed by atoms with Crippen LogP contribution >= 0.6 is 19.0 Å². The van der Waals surface area contributed by atoms with Crippen molar-refractivity contribution in [2.24, 2.45) is 57.2 Å². The molecule has 450 valence electrons. The van der Waals surface area contributed by atoms with Gasteiger partial charge in [0.15, 0.2) is 0 Å². The summed E-state index contributed by atoms with van der Waals surface area (Å²) in [4.78, 5) is 27.9. The first kappa shape index (κ1) is 71.8. The normalized spacial score (nSPS) is 15.2. The van der Waals surface area contributed by atoms with Crippen molar-refractivity contribution in [3.05, 3.63) is 59.7 Å². The van der Waals surface area contributed by atoms with E-state index in [1.165, 1.54) is 154 Å². The summed E-state index contributed by atoms with van der Waals surface area (Å²) >= 11 is 6.85. The van der Waals surface area contributed by atoms with Gasteiger partial charge in [0.1, 0.15) is 22.6 Å². The van der Waals surface area contributed by atoms with E-state index in [0.29, 0.717) is 36.9 Å². The zero-order valence-corrected chi connectivity index (χ0v) is 55.2. The third-order valence-electron chi connectivity index (χ3n) is 17.7. The van der Waals surface area contributed by atoms with Gasteiger partial charge < -0.3 is 18.5 Å². The number of halogens is 1. The monoisotopic (exact) mass is 1120 g/mol. The van der Waals surface area contributed by atoms with Crippen LogP contribution < -0.4 is 9.05 Å². The molecule has 0 aliphatic rings. The number of hydrogen-bond donors (Lipinski definition) is 0. The van der Waals surface area contributed by atoms with Crippen LogP contribution in [0, 0.1) is 57.2 Å². The third-order valence-corrected chi connectivity index (χ3v) is 18.8. The van der Waals surface area contributed by atoms with E-state index >= 15 is 0 Å². The number of esters is 2. The highest BCUT2D eigenvalue weighted by atomic mass is 35.7. The van der Waals surface area contributed by atoms with Crippen LogP contribution in [0.1, 0.15) is 311 Å². The molecule has 0 saturated heterocycles. The van der Waals surface area contributed by atoms with Crippen molar-refractivity contribution in [1.82, 2.24) is 0 Å². The largest absolute Gasteiger partial charge is 0.462 e. The summed E-state index contributed by atoms with van der Waals surface area (Å²) in [5.74, 6) is 2.40. The number of ether oxygens (including phenoxy) is 2. The molecule has 6 unspecified atom stereocenters. The molecule has 0 radical (unpaired) electrons. The molecule has 2 aromatic carbocycles. The van der Waals surface area contributed by atoms with Crippen molar-refractivity contribution in [3.63, 3.8) is 0 Å². The van der Waals surface area contributed by atoms with Gasteiger partial charge in [0, 0.05) is 0 Å². The second-order valence-electron chi connectivity index (χ2n) is 28.3. The van der Waals surface area contributed by atoms with Crippen LogP contribution in [0.4, 0.5) is 0 Å². The van der Waals surface area contributed by atoms with Crippen molar-refractivity contribution < 1.29 is 28.1 Å². The van der Waals surface area contributed by atoms with Crippen molar-refractivity contribution >= 4 is 30.9 Å². The molecule has 0 fully saturated rings. The highest BCUT2D eigenvalue weighted by Gasteiger charge is 2.35. The van der Waals surface area contributed by atoms with E-state index < -0.39 is 19.7 Å². The van der Waals surface area contributed by atoms with Crippen LogP contribution in [-0.4, -0.2) is 25.2 Å². The highest BCUT2D eigenvalue weighted by Crippen LogP contribution is 2.47. The van der Waals surface area contributed by atoms with Crippen LogP contribution in [0.2, 0.25) is 0 Å². The molecule has 2 aromatic rings. The Balaban J connectivity index is 2.06. The number of rotatable bonds is 42. The minimum absolute atomic E-state index is 0.0581. The fourth-order valence-electron chi connectivity index (χ4n) is 11.5. The molecule has 78 heavy (non-hydrogen) atoms. The molecule has 0 aromatic heterocycles. The van der Waals surface area contributed by atoms with Crippen LogP contribution in [0.5, 0.6) is 11.5 Å². The summed E-state index contributed by atoms with van der Waals surface area (Å²) in [5.41, 5.74) is 0.948. The van der Waals surface area contributed by atoms with E-state index in [2.05, 4.69) is 111 Å². The molecule has 0 bridgehead atoms. The number of para-hydroxylation sites is 2. The first-order chi connectivity index (χ1) is 36.8. The molecule has 0 saturated carbocycles. The Morgan fingerprint density at radius 2 is 0.679 bits per heavy atom. The van der Waals surface area contributed by atoms with Crippen LogP contribution in [0.15, 0.2) is 48.5 Å². The molecule has 0 heterocycles. The summed E-state index contributed by atoms with van der Waals surface area (Å²) in [6.45, 7) is 38.0. The van der Waals surface area contributed by atoms with E-state index in [0.717, 1.165) is 25.7 Å². The van der Waals surface area contributed by atoms with Gasteiger partial charge in [-0.15, -0.1) is 0 Å². The fraction of sp³-hybridized carbons (Fsp3) is 0.800. The van der Waals surface area contributed by atoms with Gasteiger partial charge in [-0.05, 0) is 131 Å². The van der Waals surface area contributed by atoms with Crippen molar-refractivity contribution in [1.29, 1.82) is 0 Å². The quantitative estimate of drug-likeness (QED) is 0.0375. The molecular formula is C70H122ClO6P. The van der Waals surface area contributed by atoms with E-state index in [-0.39, 0.29) is 56.1 Å². The molecule has 6 nitrogen and oxygen atoms in total. The molecule has 0 amide bonds. The summed E-state index contributed by atoms with van der Waals surface area (Å²) < 4.78 is 24.7. The van der Waals surface area contributed by atoms with Gasteiger partial charge in [0.25, 0.3) is 0 Å². The van der Waals surface area contributed by atoms with Gasteiger partial charge in [-0.25, -0.2) is 9.59 Å². The molecule has 0 spiro atoms. The molecule has 8 heteroatoms. The lowest BCUT2D eigenvalue weighted by molar-refractivity contribution is 0.0253. The maximum Gasteiger partial charge on any atom is 0.401 e. The highest BCUT2D eigenvalue weighted by molar-refractivity contribution is 7.76. The number of hydrogen-bond acceptors (Lipinski definition) is 6. The van der Waals surface area contributed by atoms with Gasteiger partial charge in [0.05, 0.1) is 13.2 Å². The van der Waals surface area contributed by atoms with Gasteiger partial charge in [-0.1, -0.05) is 276 Å². The van der Waals surface area contributed by atoms with E-state index in [9.17, 15) is 9.59 Å². The zero-order chi connectivity index (χ0) is 58.2. The number of carbonyl (C=O) groups excluding carboxylic acids is 2. The van der Waals surface area contributed by atoms with Crippen molar-refractivity contribution in [2.45, 2.75) is 291 Å². The maximum absolute atomic E-state index is 14.0. The Bertz CT molecular complexity index is 1740. The number of carbonyl (C=O) groups is 2. The van der Waals surface area contributed by atoms with Gasteiger partial charge in [0.2, 0.25) is 0 Å². The molecular weight excluding hydrogens is 1000 g/mol. The Morgan fingerprint density at radius 3 is 0.962 bits per heavy atom. The third kappa shape index (κ3) is 30.1. The molecule has 0 N–H and O–H groups in total. The number of unbranched alkanes of at least 4 members (excludes halogenated alkanes) is 18. The fourth-order valence-corrected chi connectivity index (χ4v) is 12.6. The molecule has 0 aliphatic carbocycles. The second kappa shape index (κ2) is 38.5. The lowest BCUT2D eigenvalue weighted by Gasteiger charge is -2.37. The average molecular weight is 1130 g/mol. The summed E-state index contributed by atoms with van der Waals surface area (Å²) in [5, 5.41) is 0. The standard InChI is InChI=1S/C70H122ClO6P/c1-17-21-23-25-27-29-31-33-35-37-43-57(67(5,6)7)49-55(19-3)51-59(69(11,12)13)53-74-65(72)61-45-39-41-47-63(61)76-78(71)77-64-48-42-40-46-62(64)66(73)75-54-60(70(14,15)16)52-56(20-4)50-58(68(8,9)10)44-38-36-34-32-30-28-26-24-22-18-2/h39-42,45-48,55-60H,17-38,43-44,49-54H2,1-16H3. The smallest absolute Gasteiger partial charge is 0.401 e. The molecule has 6 atom stereocenters. The second-order valence-corrected chi connectivity index (χ2v) is 29.9.